The second kappa shape index (κ2) is 14.1. The Balaban J connectivity index is 2.05. The number of benzene rings is 3. The monoisotopic (exact) mass is 563 g/mol. The molecule has 0 unspecified atom stereocenters. The van der Waals surface area contributed by atoms with Crippen molar-refractivity contribution < 1.29 is 18.0 Å². The van der Waals surface area contributed by atoms with Gasteiger partial charge >= 0.3 is 0 Å². The topological polar surface area (TPSA) is 86.8 Å². The van der Waals surface area contributed by atoms with Gasteiger partial charge in [-0.1, -0.05) is 86.0 Å². The molecule has 0 saturated heterocycles. The van der Waals surface area contributed by atoms with E-state index in [2.05, 4.69) is 5.32 Å². The molecule has 0 bridgehead atoms. The van der Waals surface area contributed by atoms with Gasteiger partial charge in [0.1, 0.15) is 12.6 Å². The van der Waals surface area contributed by atoms with Crippen LogP contribution in [0.15, 0.2) is 77.7 Å². The third-order valence-corrected chi connectivity index (χ3v) is 8.69. The molecule has 1 atom stereocenters. The highest BCUT2D eigenvalue weighted by molar-refractivity contribution is 7.92. The van der Waals surface area contributed by atoms with E-state index in [9.17, 15) is 18.0 Å². The van der Waals surface area contributed by atoms with Gasteiger partial charge in [0, 0.05) is 13.1 Å². The summed E-state index contributed by atoms with van der Waals surface area (Å²) < 4.78 is 29.2. The Bertz CT molecular complexity index is 1390. The predicted molar refractivity (Wildman–Crippen MR) is 161 cm³/mol. The maximum absolute atomic E-state index is 14.1. The van der Waals surface area contributed by atoms with Crippen LogP contribution in [-0.4, -0.2) is 44.3 Å². The molecule has 3 rings (SSSR count). The van der Waals surface area contributed by atoms with E-state index in [0.29, 0.717) is 18.7 Å². The van der Waals surface area contributed by atoms with Crippen molar-refractivity contribution in [3.05, 3.63) is 95.1 Å². The van der Waals surface area contributed by atoms with E-state index in [0.717, 1.165) is 35.1 Å². The van der Waals surface area contributed by atoms with Gasteiger partial charge in [-0.25, -0.2) is 8.42 Å². The number of hydrogen-bond acceptors (Lipinski definition) is 4. The van der Waals surface area contributed by atoms with E-state index >= 15 is 0 Å². The molecule has 0 fully saturated rings. The normalized spacial score (nSPS) is 12.0. The van der Waals surface area contributed by atoms with E-state index in [1.54, 1.807) is 30.3 Å². The van der Waals surface area contributed by atoms with Gasteiger partial charge in [-0.2, -0.15) is 0 Å². The molecule has 0 aliphatic heterocycles. The Morgan fingerprint density at radius 2 is 1.52 bits per heavy atom. The number of carbonyl (C=O) groups is 2. The number of sulfonamides is 1. The molecule has 0 aliphatic rings. The van der Waals surface area contributed by atoms with Gasteiger partial charge in [-0.15, -0.1) is 0 Å². The first-order chi connectivity index (χ1) is 19.1. The Hall–Kier alpha value is -3.65. The number of unbranched alkanes of at least 4 members (excludes halogenated alkanes) is 1. The van der Waals surface area contributed by atoms with Gasteiger partial charge in [0.15, 0.2) is 0 Å². The van der Waals surface area contributed by atoms with Crippen LogP contribution in [-0.2, 0) is 26.2 Å². The Morgan fingerprint density at radius 1 is 0.875 bits per heavy atom. The Labute approximate surface area is 239 Å². The predicted octanol–water partition coefficient (Wildman–Crippen LogP) is 5.53. The first-order valence-electron chi connectivity index (χ1n) is 13.9. The van der Waals surface area contributed by atoms with Crippen molar-refractivity contribution >= 4 is 27.5 Å². The van der Waals surface area contributed by atoms with Crippen molar-refractivity contribution in [2.75, 3.05) is 17.4 Å². The second-order valence-corrected chi connectivity index (χ2v) is 12.1. The summed E-state index contributed by atoms with van der Waals surface area (Å²) in [5.41, 5.74) is 3.94. The molecule has 0 spiro atoms. The van der Waals surface area contributed by atoms with Crippen molar-refractivity contribution in [2.45, 2.75) is 71.4 Å². The van der Waals surface area contributed by atoms with Gasteiger partial charge < -0.3 is 10.2 Å². The molecule has 0 aliphatic carbocycles. The molecule has 8 heteroatoms. The van der Waals surface area contributed by atoms with Gasteiger partial charge in [0.25, 0.3) is 10.0 Å². The van der Waals surface area contributed by atoms with E-state index in [1.807, 2.05) is 77.1 Å². The summed E-state index contributed by atoms with van der Waals surface area (Å²) >= 11 is 0. The third kappa shape index (κ3) is 7.72. The summed E-state index contributed by atoms with van der Waals surface area (Å²) in [6.45, 7) is 9.84. The number of amides is 2. The van der Waals surface area contributed by atoms with Crippen molar-refractivity contribution in [1.82, 2.24) is 10.2 Å². The number of nitrogens with one attached hydrogen (secondary N) is 1. The van der Waals surface area contributed by atoms with Crippen LogP contribution in [0.5, 0.6) is 0 Å². The van der Waals surface area contributed by atoms with Crippen LogP contribution in [0.1, 0.15) is 55.4 Å². The highest BCUT2D eigenvalue weighted by atomic mass is 32.2. The average Bonchev–Trinajstić information content (AvgIpc) is 2.93. The van der Waals surface area contributed by atoms with Crippen molar-refractivity contribution in [2.24, 2.45) is 0 Å². The SMILES string of the molecule is CCCCNC(=O)[C@@H](CC)N(Cc1ccccc1)C(=O)CN(c1ccc(C)cc1C)S(=O)(=O)c1ccc(C)cc1. The maximum atomic E-state index is 14.1. The first kappa shape index (κ1) is 30.9. The number of rotatable bonds is 13. The van der Waals surface area contributed by atoms with E-state index in [4.69, 9.17) is 0 Å². The summed E-state index contributed by atoms with van der Waals surface area (Å²) in [7, 11) is -4.09. The molecule has 3 aromatic rings. The minimum absolute atomic E-state index is 0.102. The average molecular weight is 564 g/mol. The van der Waals surface area contributed by atoms with Crippen LogP contribution >= 0.6 is 0 Å². The maximum Gasteiger partial charge on any atom is 0.264 e. The fourth-order valence-electron chi connectivity index (χ4n) is 4.64. The zero-order valence-electron chi connectivity index (χ0n) is 24.2. The highest BCUT2D eigenvalue weighted by Gasteiger charge is 2.34. The molecule has 40 heavy (non-hydrogen) atoms. The molecule has 0 saturated carbocycles. The molecule has 0 heterocycles. The lowest BCUT2D eigenvalue weighted by Crippen LogP contribution is -2.52. The van der Waals surface area contributed by atoms with Gasteiger partial charge in [-0.3, -0.25) is 13.9 Å². The zero-order valence-corrected chi connectivity index (χ0v) is 25.0. The Morgan fingerprint density at radius 3 is 2.12 bits per heavy atom. The molecule has 7 nitrogen and oxygen atoms in total. The highest BCUT2D eigenvalue weighted by Crippen LogP contribution is 2.28. The van der Waals surface area contributed by atoms with E-state index in [1.165, 1.54) is 9.21 Å². The second-order valence-electron chi connectivity index (χ2n) is 10.2. The summed E-state index contributed by atoms with van der Waals surface area (Å²) in [6.07, 6.45) is 2.17. The summed E-state index contributed by atoms with van der Waals surface area (Å²) in [5.74, 6) is -0.684. The number of carbonyl (C=O) groups excluding carboxylic acids is 2. The van der Waals surface area contributed by atoms with Crippen LogP contribution in [0.25, 0.3) is 0 Å². The summed E-state index contributed by atoms with van der Waals surface area (Å²) in [4.78, 5) is 29.0. The van der Waals surface area contributed by atoms with Gasteiger partial charge in [-0.05, 0) is 62.9 Å². The molecule has 2 amide bonds. The number of aryl methyl sites for hydroxylation is 3. The van der Waals surface area contributed by atoms with Gasteiger partial charge in [0.05, 0.1) is 10.6 Å². The lowest BCUT2D eigenvalue weighted by atomic mass is 10.1. The molecule has 214 valence electrons. The molecule has 0 radical (unpaired) electrons. The van der Waals surface area contributed by atoms with Crippen LogP contribution in [0.3, 0.4) is 0 Å². The fraction of sp³-hybridized carbons (Fsp3) is 0.375. The smallest absolute Gasteiger partial charge is 0.264 e. The van der Waals surface area contributed by atoms with Crippen molar-refractivity contribution in [3.8, 4) is 0 Å². The van der Waals surface area contributed by atoms with Gasteiger partial charge in [0.2, 0.25) is 11.8 Å². The van der Waals surface area contributed by atoms with E-state index in [-0.39, 0.29) is 17.3 Å². The summed E-state index contributed by atoms with van der Waals surface area (Å²) in [6, 6.07) is 20.8. The molecule has 3 aromatic carbocycles. The quantitative estimate of drug-likeness (QED) is 0.277. The minimum Gasteiger partial charge on any atom is -0.354 e. The van der Waals surface area contributed by atoms with Crippen molar-refractivity contribution in [3.63, 3.8) is 0 Å². The lowest BCUT2D eigenvalue weighted by Gasteiger charge is -2.33. The van der Waals surface area contributed by atoms with Crippen LogP contribution < -0.4 is 9.62 Å². The number of hydrogen-bond donors (Lipinski definition) is 1. The first-order valence-corrected chi connectivity index (χ1v) is 15.3. The van der Waals surface area contributed by atoms with Crippen LogP contribution in [0.2, 0.25) is 0 Å². The molecule has 0 aromatic heterocycles. The van der Waals surface area contributed by atoms with E-state index < -0.39 is 28.5 Å². The van der Waals surface area contributed by atoms with Crippen molar-refractivity contribution in [1.29, 1.82) is 0 Å². The van der Waals surface area contributed by atoms with Crippen LogP contribution in [0.4, 0.5) is 5.69 Å². The minimum atomic E-state index is -4.09. The largest absolute Gasteiger partial charge is 0.354 e. The number of nitrogens with zero attached hydrogens (tertiary/aromatic N) is 2. The zero-order chi connectivity index (χ0) is 29.3. The Kier molecular flexibility index (Phi) is 10.9. The molecular weight excluding hydrogens is 522 g/mol. The molecule has 1 N–H and O–H groups in total. The lowest BCUT2D eigenvalue weighted by molar-refractivity contribution is -0.140. The summed E-state index contributed by atoms with van der Waals surface area (Å²) in [5, 5.41) is 2.95. The third-order valence-electron chi connectivity index (χ3n) is 6.92. The van der Waals surface area contributed by atoms with Crippen LogP contribution in [0, 0.1) is 20.8 Å². The molecular formula is C32H41N3O4S. The number of anilines is 1. The standard InChI is InChI=1S/C32H41N3O4S/c1-6-8-20-33-32(37)29(7-2)34(22-27-12-10-9-11-13-27)31(36)23-35(30-19-16-25(4)21-26(30)5)40(38,39)28-17-14-24(3)15-18-28/h9-19,21,29H,6-8,20,22-23H2,1-5H3,(H,33,37)/t29-/m1/s1. The fourth-order valence-corrected chi connectivity index (χ4v) is 6.12.